The van der Waals surface area contributed by atoms with Crippen LogP contribution in [-0.2, 0) is 0 Å². The summed E-state index contributed by atoms with van der Waals surface area (Å²) in [7, 11) is 0. The van der Waals surface area contributed by atoms with E-state index in [0.29, 0.717) is 6.42 Å². The van der Waals surface area contributed by atoms with E-state index in [9.17, 15) is 4.79 Å². The van der Waals surface area contributed by atoms with Crippen molar-refractivity contribution in [2.75, 3.05) is 0 Å². The minimum absolute atomic E-state index is 0.127. The van der Waals surface area contributed by atoms with Gasteiger partial charge in [0.25, 0.3) is 0 Å². The number of allylic oxidation sites excluding steroid dienone is 1. The van der Waals surface area contributed by atoms with Gasteiger partial charge < -0.3 is 0 Å². The molecule has 0 N–H and O–H groups in total. The quantitative estimate of drug-likeness (QED) is 0.589. The number of hydrogen-bond donors (Lipinski definition) is 0. The number of benzene rings is 1. The van der Waals surface area contributed by atoms with E-state index in [-0.39, 0.29) is 5.78 Å². The third-order valence-corrected chi connectivity index (χ3v) is 2.28. The highest BCUT2D eigenvalue weighted by molar-refractivity contribution is 9.10. The Morgan fingerprint density at radius 2 is 2.07 bits per heavy atom. The largest absolute Gasteiger partial charge is 0.294 e. The van der Waals surface area contributed by atoms with Gasteiger partial charge in [-0.2, -0.15) is 0 Å². The molecule has 0 saturated heterocycles. The lowest BCUT2D eigenvalue weighted by atomic mass is 10.0. The van der Waals surface area contributed by atoms with Crippen molar-refractivity contribution in [1.29, 1.82) is 0 Å². The lowest BCUT2D eigenvalue weighted by Crippen LogP contribution is -1.99. The number of aryl methyl sites for hydroxylation is 1. The molecule has 0 atom stereocenters. The van der Waals surface area contributed by atoms with Gasteiger partial charge in [0.1, 0.15) is 0 Å². The van der Waals surface area contributed by atoms with Gasteiger partial charge in [-0.15, -0.1) is 0 Å². The van der Waals surface area contributed by atoms with Crippen molar-refractivity contribution >= 4 is 21.7 Å². The first-order valence-corrected chi connectivity index (χ1v) is 5.23. The van der Waals surface area contributed by atoms with Gasteiger partial charge in [0.05, 0.1) is 0 Å². The van der Waals surface area contributed by atoms with E-state index < -0.39 is 0 Å². The smallest absolute Gasteiger partial charge is 0.166 e. The van der Waals surface area contributed by atoms with E-state index in [1.54, 1.807) is 0 Å². The Labute approximate surface area is 93.0 Å². The molecule has 0 aliphatic heterocycles. The maximum atomic E-state index is 11.7. The van der Waals surface area contributed by atoms with Crippen molar-refractivity contribution in [2.24, 2.45) is 0 Å². The van der Waals surface area contributed by atoms with E-state index in [0.717, 1.165) is 21.2 Å². The Kier molecular flexibility index (Phi) is 3.64. The number of hydrogen-bond acceptors (Lipinski definition) is 1. The molecule has 1 nitrogen and oxygen atoms in total. The normalized spacial score (nSPS) is 9.93. The minimum atomic E-state index is 0.127. The third kappa shape index (κ3) is 3.11. The molecular formula is C12H13BrO. The topological polar surface area (TPSA) is 17.1 Å². The van der Waals surface area contributed by atoms with Crippen LogP contribution in [0.2, 0.25) is 0 Å². The number of rotatable bonds is 3. The Morgan fingerprint density at radius 1 is 1.43 bits per heavy atom. The Balaban J connectivity index is 2.95. The molecule has 0 saturated carbocycles. The fourth-order valence-corrected chi connectivity index (χ4v) is 1.88. The lowest BCUT2D eigenvalue weighted by molar-refractivity contribution is 0.0993. The van der Waals surface area contributed by atoms with E-state index >= 15 is 0 Å². The number of carbonyl (C=O) groups is 1. The molecule has 0 amide bonds. The van der Waals surface area contributed by atoms with Crippen molar-refractivity contribution in [3.8, 4) is 0 Å². The van der Waals surface area contributed by atoms with Gasteiger partial charge in [-0.3, -0.25) is 4.79 Å². The van der Waals surface area contributed by atoms with Gasteiger partial charge in [0.2, 0.25) is 0 Å². The summed E-state index contributed by atoms with van der Waals surface area (Å²) in [5, 5.41) is 0. The molecule has 14 heavy (non-hydrogen) atoms. The fourth-order valence-electron chi connectivity index (χ4n) is 1.27. The lowest BCUT2D eigenvalue weighted by Gasteiger charge is -2.03. The number of halogens is 1. The van der Waals surface area contributed by atoms with Gasteiger partial charge in [-0.25, -0.2) is 0 Å². The summed E-state index contributed by atoms with van der Waals surface area (Å²) in [4.78, 5) is 11.7. The van der Waals surface area contributed by atoms with Crippen LogP contribution in [-0.4, -0.2) is 5.78 Å². The van der Waals surface area contributed by atoms with Crippen molar-refractivity contribution in [2.45, 2.75) is 20.3 Å². The molecule has 0 heterocycles. The summed E-state index contributed by atoms with van der Waals surface area (Å²) in [5.41, 5.74) is 2.73. The molecule has 0 aliphatic rings. The summed E-state index contributed by atoms with van der Waals surface area (Å²) < 4.78 is 0.947. The summed E-state index contributed by atoms with van der Waals surface area (Å²) in [6, 6.07) is 5.73. The van der Waals surface area contributed by atoms with Gasteiger partial charge in [-0.1, -0.05) is 28.1 Å². The Bertz CT molecular complexity index is 360. The second-order valence-electron chi connectivity index (χ2n) is 3.57. The van der Waals surface area contributed by atoms with Crippen LogP contribution in [0.15, 0.2) is 34.8 Å². The highest BCUT2D eigenvalue weighted by Gasteiger charge is 2.06. The maximum absolute atomic E-state index is 11.7. The van der Waals surface area contributed by atoms with E-state index in [1.807, 2.05) is 32.0 Å². The molecule has 0 radical (unpaired) electrons. The zero-order chi connectivity index (χ0) is 10.7. The van der Waals surface area contributed by atoms with Crippen LogP contribution < -0.4 is 0 Å². The van der Waals surface area contributed by atoms with E-state index in [1.165, 1.54) is 0 Å². The number of carbonyl (C=O) groups excluding carboxylic acids is 1. The van der Waals surface area contributed by atoms with E-state index in [4.69, 9.17) is 0 Å². The summed E-state index contributed by atoms with van der Waals surface area (Å²) in [5.74, 6) is 0.127. The van der Waals surface area contributed by atoms with Gasteiger partial charge >= 0.3 is 0 Å². The molecule has 0 fully saturated rings. The molecule has 0 unspecified atom stereocenters. The fraction of sp³-hybridized carbons (Fsp3) is 0.250. The zero-order valence-corrected chi connectivity index (χ0v) is 10.0. The van der Waals surface area contributed by atoms with Crippen LogP contribution in [0.4, 0.5) is 0 Å². The summed E-state index contributed by atoms with van der Waals surface area (Å²) >= 11 is 3.37. The van der Waals surface area contributed by atoms with Crippen molar-refractivity contribution in [3.63, 3.8) is 0 Å². The molecule has 74 valence electrons. The van der Waals surface area contributed by atoms with Gasteiger partial charge in [-0.05, 0) is 37.6 Å². The first kappa shape index (κ1) is 11.2. The van der Waals surface area contributed by atoms with Crippen molar-refractivity contribution in [1.82, 2.24) is 0 Å². The van der Waals surface area contributed by atoms with Gasteiger partial charge in [0, 0.05) is 16.5 Å². The summed E-state index contributed by atoms with van der Waals surface area (Å²) in [6.45, 7) is 7.57. The van der Waals surface area contributed by atoms with Crippen LogP contribution in [0.1, 0.15) is 29.3 Å². The third-order valence-electron chi connectivity index (χ3n) is 1.83. The van der Waals surface area contributed by atoms with Crippen LogP contribution in [0.25, 0.3) is 0 Å². The minimum Gasteiger partial charge on any atom is -0.294 e. The average molecular weight is 253 g/mol. The second kappa shape index (κ2) is 4.56. The number of ketones is 1. The highest BCUT2D eigenvalue weighted by Crippen LogP contribution is 2.17. The first-order chi connectivity index (χ1) is 6.49. The molecule has 1 aromatic rings. The second-order valence-corrected chi connectivity index (χ2v) is 4.49. The predicted octanol–water partition coefficient (Wildman–Crippen LogP) is 3.91. The molecular weight excluding hydrogens is 240 g/mol. The molecule has 0 aliphatic carbocycles. The number of Topliss-reactive ketones (excluding diaryl/α,β-unsaturated/α-hetero) is 1. The average Bonchev–Trinajstić information content (AvgIpc) is 2.00. The van der Waals surface area contributed by atoms with Crippen molar-refractivity contribution < 1.29 is 4.79 Å². The predicted molar refractivity (Wildman–Crippen MR) is 62.6 cm³/mol. The molecule has 0 bridgehead atoms. The zero-order valence-electron chi connectivity index (χ0n) is 8.43. The molecule has 1 aromatic carbocycles. The summed E-state index contributed by atoms with van der Waals surface area (Å²) in [6.07, 6.45) is 0.426. The van der Waals surface area contributed by atoms with Gasteiger partial charge in [0.15, 0.2) is 5.78 Å². The molecule has 0 aromatic heterocycles. The first-order valence-electron chi connectivity index (χ1n) is 4.44. The monoisotopic (exact) mass is 252 g/mol. The van der Waals surface area contributed by atoms with Crippen LogP contribution in [0.3, 0.4) is 0 Å². The standard InChI is InChI=1S/C12H13BrO/c1-8(2)4-12(14)10-5-9(3)6-11(13)7-10/h5-7H,1,4H2,2-3H3. The maximum Gasteiger partial charge on any atom is 0.166 e. The van der Waals surface area contributed by atoms with Crippen LogP contribution in [0.5, 0.6) is 0 Å². The Morgan fingerprint density at radius 3 is 2.57 bits per heavy atom. The van der Waals surface area contributed by atoms with E-state index in [2.05, 4.69) is 22.5 Å². The Hall–Kier alpha value is -0.890. The van der Waals surface area contributed by atoms with Crippen LogP contribution >= 0.6 is 15.9 Å². The van der Waals surface area contributed by atoms with Crippen LogP contribution in [0, 0.1) is 6.92 Å². The molecule has 0 spiro atoms. The molecule has 1 rings (SSSR count). The van der Waals surface area contributed by atoms with Crippen molar-refractivity contribution in [3.05, 3.63) is 46.0 Å². The molecule has 2 heteroatoms. The SMILES string of the molecule is C=C(C)CC(=O)c1cc(C)cc(Br)c1. The highest BCUT2D eigenvalue weighted by atomic mass is 79.9.